The molecule has 1 fully saturated rings. The van der Waals surface area contributed by atoms with Crippen molar-refractivity contribution in [3.8, 4) is 0 Å². The summed E-state index contributed by atoms with van der Waals surface area (Å²) in [5, 5.41) is 8.13. The fourth-order valence-electron chi connectivity index (χ4n) is 3.54. The zero-order chi connectivity index (χ0) is 16.7. The second-order valence-corrected chi connectivity index (χ2v) is 6.43. The number of furan rings is 1. The van der Waals surface area contributed by atoms with Crippen molar-refractivity contribution >= 4 is 16.9 Å². The second kappa shape index (κ2) is 5.47. The summed E-state index contributed by atoms with van der Waals surface area (Å²) in [6.45, 7) is 3.66. The molecule has 0 spiro atoms. The normalized spacial score (nSPS) is 16.6. The van der Waals surface area contributed by atoms with Gasteiger partial charge in [0.2, 0.25) is 5.89 Å². The number of amides is 1. The van der Waals surface area contributed by atoms with Gasteiger partial charge in [-0.2, -0.15) is 4.98 Å². The number of hydrogen-bond donors (Lipinski definition) is 1. The number of aryl methyl sites for hydroxylation is 2. The molecule has 6 nitrogen and oxygen atoms in total. The molecule has 3 aromatic rings. The van der Waals surface area contributed by atoms with E-state index in [9.17, 15) is 4.79 Å². The van der Waals surface area contributed by atoms with E-state index in [0.717, 1.165) is 42.2 Å². The van der Waals surface area contributed by atoms with Crippen molar-refractivity contribution in [1.82, 2.24) is 15.5 Å². The standard InChI is InChI=1S/C18H19N3O3/c1-11-13-7-3-4-8-14(13)23-15(11)16(22)20-18(9-5-6-10-18)17-19-12(2)24-21-17/h3-4,7-8H,5-6,9-10H2,1-2H3,(H,20,22). The van der Waals surface area contributed by atoms with E-state index in [2.05, 4.69) is 15.5 Å². The van der Waals surface area contributed by atoms with Crippen LogP contribution in [0.2, 0.25) is 0 Å². The van der Waals surface area contributed by atoms with Crippen molar-refractivity contribution in [3.63, 3.8) is 0 Å². The van der Waals surface area contributed by atoms with Crippen molar-refractivity contribution in [2.75, 3.05) is 0 Å². The number of fused-ring (bicyclic) bond motifs is 1. The van der Waals surface area contributed by atoms with Crippen LogP contribution >= 0.6 is 0 Å². The number of rotatable bonds is 3. The molecule has 2 heterocycles. The molecule has 1 aliphatic rings. The minimum Gasteiger partial charge on any atom is -0.451 e. The first-order valence-electron chi connectivity index (χ1n) is 8.20. The maximum absolute atomic E-state index is 12.9. The smallest absolute Gasteiger partial charge is 0.288 e. The Kier molecular flexibility index (Phi) is 3.40. The fourth-order valence-corrected chi connectivity index (χ4v) is 3.54. The Balaban J connectivity index is 1.69. The molecule has 0 unspecified atom stereocenters. The molecule has 0 bridgehead atoms. The van der Waals surface area contributed by atoms with Gasteiger partial charge in [-0.15, -0.1) is 0 Å². The Morgan fingerprint density at radius 2 is 1.96 bits per heavy atom. The number of benzene rings is 1. The third-order valence-corrected chi connectivity index (χ3v) is 4.82. The van der Waals surface area contributed by atoms with E-state index >= 15 is 0 Å². The van der Waals surface area contributed by atoms with Crippen molar-refractivity contribution in [2.45, 2.75) is 45.1 Å². The van der Waals surface area contributed by atoms with E-state index < -0.39 is 5.54 Å². The molecule has 1 N–H and O–H groups in total. The fraction of sp³-hybridized carbons (Fsp3) is 0.389. The van der Waals surface area contributed by atoms with Crippen LogP contribution in [0.1, 0.15) is 53.5 Å². The van der Waals surface area contributed by atoms with Crippen LogP contribution in [-0.2, 0) is 5.54 Å². The van der Waals surface area contributed by atoms with E-state index in [1.54, 1.807) is 6.92 Å². The van der Waals surface area contributed by atoms with Gasteiger partial charge in [0.05, 0.1) is 0 Å². The Bertz CT molecular complexity index is 903. The van der Waals surface area contributed by atoms with E-state index in [-0.39, 0.29) is 5.91 Å². The molecule has 24 heavy (non-hydrogen) atoms. The Morgan fingerprint density at radius 3 is 2.62 bits per heavy atom. The lowest BCUT2D eigenvalue weighted by Crippen LogP contribution is -2.44. The molecular formula is C18H19N3O3. The molecule has 1 saturated carbocycles. The van der Waals surface area contributed by atoms with Gasteiger partial charge in [-0.1, -0.05) is 36.2 Å². The summed E-state index contributed by atoms with van der Waals surface area (Å²) < 4.78 is 10.9. The minimum atomic E-state index is -0.569. The highest BCUT2D eigenvalue weighted by atomic mass is 16.5. The summed E-state index contributed by atoms with van der Waals surface area (Å²) in [4.78, 5) is 17.2. The van der Waals surface area contributed by atoms with Crippen LogP contribution in [0.4, 0.5) is 0 Å². The van der Waals surface area contributed by atoms with Gasteiger partial charge in [0, 0.05) is 17.9 Å². The summed E-state index contributed by atoms with van der Waals surface area (Å²) in [5.41, 5.74) is 0.997. The van der Waals surface area contributed by atoms with E-state index in [1.165, 1.54) is 0 Å². The molecule has 1 amide bonds. The zero-order valence-corrected chi connectivity index (χ0v) is 13.8. The van der Waals surface area contributed by atoms with Crippen LogP contribution in [0.25, 0.3) is 11.0 Å². The van der Waals surface area contributed by atoms with Gasteiger partial charge in [-0.3, -0.25) is 4.79 Å². The molecule has 0 radical (unpaired) electrons. The third kappa shape index (κ3) is 2.29. The average Bonchev–Trinajstić information content (AvgIpc) is 3.28. The Hall–Kier alpha value is -2.63. The van der Waals surface area contributed by atoms with Gasteiger partial charge >= 0.3 is 0 Å². The predicted molar refractivity (Wildman–Crippen MR) is 87.6 cm³/mol. The Morgan fingerprint density at radius 1 is 1.21 bits per heavy atom. The number of para-hydroxylation sites is 1. The SMILES string of the molecule is Cc1nc(C2(NC(=O)c3oc4ccccc4c3C)CCCC2)no1. The molecule has 124 valence electrons. The van der Waals surface area contributed by atoms with E-state index in [4.69, 9.17) is 8.94 Å². The highest BCUT2D eigenvalue weighted by Gasteiger charge is 2.42. The molecule has 2 aromatic heterocycles. The molecule has 0 atom stereocenters. The molecular weight excluding hydrogens is 306 g/mol. The van der Waals surface area contributed by atoms with Crippen LogP contribution in [0.3, 0.4) is 0 Å². The predicted octanol–water partition coefficient (Wildman–Crippen LogP) is 3.63. The first-order chi connectivity index (χ1) is 11.6. The summed E-state index contributed by atoms with van der Waals surface area (Å²) in [6, 6.07) is 7.66. The molecule has 0 saturated heterocycles. The van der Waals surface area contributed by atoms with Gasteiger partial charge in [-0.25, -0.2) is 0 Å². The van der Waals surface area contributed by atoms with Crippen LogP contribution in [0.15, 0.2) is 33.2 Å². The largest absolute Gasteiger partial charge is 0.451 e. The van der Waals surface area contributed by atoms with Crippen molar-refractivity contribution in [2.24, 2.45) is 0 Å². The van der Waals surface area contributed by atoms with Crippen LogP contribution in [0.5, 0.6) is 0 Å². The molecule has 0 aliphatic heterocycles. The van der Waals surface area contributed by atoms with Gasteiger partial charge in [-0.05, 0) is 25.8 Å². The highest BCUT2D eigenvalue weighted by molar-refractivity contribution is 5.99. The summed E-state index contributed by atoms with van der Waals surface area (Å²) >= 11 is 0. The topological polar surface area (TPSA) is 81.2 Å². The average molecular weight is 325 g/mol. The number of hydrogen-bond acceptors (Lipinski definition) is 5. The molecule has 1 aromatic carbocycles. The number of nitrogens with one attached hydrogen (secondary N) is 1. The molecule has 1 aliphatic carbocycles. The van der Waals surface area contributed by atoms with Gasteiger partial charge in [0.15, 0.2) is 11.6 Å². The van der Waals surface area contributed by atoms with Gasteiger partial charge < -0.3 is 14.3 Å². The number of nitrogens with zero attached hydrogens (tertiary/aromatic N) is 2. The zero-order valence-electron chi connectivity index (χ0n) is 13.8. The highest BCUT2D eigenvalue weighted by Crippen LogP contribution is 2.38. The summed E-state index contributed by atoms with van der Waals surface area (Å²) in [5.74, 6) is 1.18. The summed E-state index contributed by atoms with van der Waals surface area (Å²) in [7, 11) is 0. The lowest BCUT2D eigenvalue weighted by Gasteiger charge is -2.26. The van der Waals surface area contributed by atoms with Crippen LogP contribution in [0, 0.1) is 13.8 Å². The maximum atomic E-state index is 12.9. The lowest BCUT2D eigenvalue weighted by atomic mass is 9.96. The first kappa shape index (κ1) is 14.9. The van der Waals surface area contributed by atoms with E-state index in [1.807, 2.05) is 31.2 Å². The summed E-state index contributed by atoms with van der Waals surface area (Å²) in [6.07, 6.45) is 3.65. The van der Waals surface area contributed by atoms with Crippen molar-refractivity contribution in [3.05, 3.63) is 47.3 Å². The van der Waals surface area contributed by atoms with Gasteiger partial charge in [0.1, 0.15) is 11.1 Å². The van der Waals surface area contributed by atoms with Crippen molar-refractivity contribution in [1.29, 1.82) is 0 Å². The van der Waals surface area contributed by atoms with E-state index in [0.29, 0.717) is 17.5 Å². The Labute approximate surface area is 139 Å². The molecule has 4 rings (SSSR count). The first-order valence-corrected chi connectivity index (χ1v) is 8.20. The minimum absolute atomic E-state index is 0.229. The molecule has 6 heteroatoms. The monoisotopic (exact) mass is 325 g/mol. The number of aromatic nitrogens is 2. The lowest BCUT2D eigenvalue weighted by molar-refractivity contribution is 0.0864. The quantitative estimate of drug-likeness (QED) is 0.795. The number of carbonyl (C=O) groups is 1. The maximum Gasteiger partial charge on any atom is 0.288 e. The number of carbonyl (C=O) groups excluding carboxylic acids is 1. The van der Waals surface area contributed by atoms with Crippen molar-refractivity contribution < 1.29 is 13.7 Å². The van der Waals surface area contributed by atoms with Gasteiger partial charge in [0.25, 0.3) is 5.91 Å². The van der Waals surface area contributed by atoms with Crippen LogP contribution < -0.4 is 5.32 Å². The third-order valence-electron chi connectivity index (χ3n) is 4.82. The second-order valence-electron chi connectivity index (χ2n) is 6.43. The van der Waals surface area contributed by atoms with Crippen LogP contribution in [-0.4, -0.2) is 16.0 Å².